The summed E-state index contributed by atoms with van der Waals surface area (Å²) in [6.07, 6.45) is 0. The van der Waals surface area contributed by atoms with Crippen LogP contribution in [0.3, 0.4) is 0 Å². The first-order valence-electron chi connectivity index (χ1n) is 5.20. The fourth-order valence-corrected chi connectivity index (χ4v) is 1.76. The fraction of sp³-hybridized carbons (Fsp3) is 0. The maximum Gasteiger partial charge on any atom is 0.177 e. The van der Waals surface area contributed by atoms with Crippen LogP contribution in [0.5, 0.6) is 0 Å². The van der Waals surface area contributed by atoms with Crippen molar-refractivity contribution in [3.8, 4) is 0 Å². The Morgan fingerprint density at radius 2 is 1.72 bits per heavy atom. The summed E-state index contributed by atoms with van der Waals surface area (Å²) in [5.74, 6) is 0.342. The molecule has 0 heterocycles. The Labute approximate surface area is 115 Å². The molecule has 2 rings (SSSR count). The fourth-order valence-electron chi connectivity index (χ4n) is 1.46. The first-order valence-corrected chi connectivity index (χ1v) is 5.96. The van der Waals surface area contributed by atoms with E-state index in [0.717, 1.165) is 5.56 Å². The van der Waals surface area contributed by atoms with Crippen molar-refractivity contribution in [2.75, 3.05) is 5.32 Å². The highest BCUT2D eigenvalue weighted by atomic mass is 35.5. The van der Waals surface area contributed by atoms with E-state index in [-0.39, 0.29) is 0 Å². The first kappa shape index (κ1) is 12.7. The molecule has 92 valence electrons. The molecule has 0 atom stereocenters. The van der Waals surface area contributed by atoms with Crippen molar-refractivity contribution in [2.45, 2.75) is 0 Å². The summed E-state index contributed by atoms with van der Waals surface area (Å²) < 4.78 is 0. The van der Waals surface area contributed by atoms with Gasteiger partial charge in [0.1, 0.15) is 0 Å². The lowest BCUT2D eigenvalue weighted by atomic mass is 10.2. The van der Waals surface area contributed by atoms with Gasteiger partial charge in [-0.3, -0.25) is 0 Å². The Hall–Kier alpha value is -1.71. The minimum absolute atomic E-state index is 0.342. The van der Waals surface area contributed by atoms with E-state index in [0.29, 0.717) is 21.6 Å². The van der Waals surface area contributed by atoms with Crippen LogP contribution >= 0.6 is 23.2 Å². The molecular formula is C13H10Cl2N2O. The normalized spacial score (nSPS) is 11.3. The van der Waals surface area contributed by atoms with Crippen LogP contribution in [0.4, 0.5) is 5.69 Å². The summed E-state index contributed by atoms with van der Waals surface area (Å²) in [7, 11) is 0. The SMILES string of the molecule is O/N=C(/Nc1ccc(Cl)c(Cl)c1)c1ccccc1. The summed E-state index contributed by atoms with van der Waals surface area (Å²) in [6.45, 7) is 0. The van der Waals surface area contributed by atoms with E-state index in [2.05, 4.69) is 10.5 Å². The third kappa shape index (κ3) is 2.94. The van der Waals surface area contributed by atoms with Crippen molar-refractivity contribution in [3.05, 3.63) is 64.1 Å². The average molecular weight is 281 g/mol. The molecule has 2 aromatic carbocycles. The molecular weight excluding hydrogens is 271 g/mol. The smallest absolute Gasteiger partial charge is 0.177 e. The largest absolute Gasteiger partial charge is 0.409 e. The molecule has 0 spiro atoms. The lowest BCUT2D eigenvalue weighted by Gasteiger charge is -2.09. The van der Waals surface area contributed by atoms with Gasteiger partial charge in [0.15, 0.2) is 5.84 Å². The van der Waals surface area contributed by atoms with Gasteiger partial charge in [-0.05, 0) is 18.2 Å². The second kappa shape index (κ2) is 5.76. The van der Waals surface area contributed by atoms with E-state index in [9.17, 15) is 0 Å². The number of hydrogen-bond acceptors (Lipinski definition) is 2. The zero-order valence-corrected chi connectivity index (χ0v) is 10.8. The number of rotatable bonds is 2. The van der Waals surface area contributed by atoms with Crippen molar-refractivity contribution in [3.63, 3.8) is 0 Å². The molecule has 18 heavy (non-hydrogen) atoms. The average Bonchev–Trinajstić information content (AvgIpc) is 2.41. The number of oxime groups is 1. The summed E-state index contributed by atoms with van der Waals surface area (Å²) in [5.41, 5.74) is 1.46. The Kier molecular flexibility index (Phi) is 4.07. The predicted molar refractivity (Wildman–Crippen MR) is 74.9 cm³/mol. The molecule has 2 N–H and O–H groups in total. The van der Waals surface area contributed by atoms with Crippen LogP contribution in [0.1, 0.15) is 5.56 Å². The monoisotopic (exact) mass is 280 g/mol. The van der Waals surface area contributed by atoms with Crippen LogP contribution in [0.15, 0.2) is 53.7 Å². The lowest BCUT2D eigenvalue weighted by molar-refractivity contribution is 0.319. The van der Waals surface area contributed by atoms with E-state index in [4.69, 9.17) is 28.4 Å². The van der Waals surface area contributed by atoms with Gasteiger partial charge in [0.05, 0.1) is 10.0 Å². The number of nitrogens with one attached hydrogen (secondary N) is 1. The van der Waals surface area contributed by atoms with Gasteiger partial charge in [-0.15, -0.1) is 0 Å². The summed E-state index contributed by atoms with van der Waals surface area (Å²) in [6, 6.07) is 14.4. The third-order valence-corrected chi connectivity index (χ3v) is 3.07. The van der Waals surface area contributed by atoms with Gasteiger partial charge in [-0.2, -0.15) is 0 Å². The van der Waals surface area contributed by atoms with Crippen LogP contribution in [-0.4, -0.2) is 11.0 Å². The minimum atomic E-state index is 0.342. The van der Waals surface area contributed by atoms with Gasteiger partial charge < -0.3 is 10.5 Å². The second-order valence-corrected chi connectivity index (χ2v) is 4.38. The van der Waals surface area contributed by atoms with Crippen molar-refractivity contribution in [1.29, 1.82) is 0 Å². The summed E-state index contributed by atoms with van der Waals surface area (Å²) in [5, 5.41) is 16.1. The summed E-state index contributed by atoms with van der Waals surface area (Å²) >= 11 is 11.7. The van der Waals surface area contributed by atoms with E-state index < -0.39 is 0 Å². The Morgan fingerprint density at radius 1 is 1.00 bits per heavy atom. The van der Waals surface area contributed by atoms with Crippen LogP contribution in [-0.2, 0) is 0 Å². The lowest BCUT2D eigenvalue weighted by Crippen LogP contribution is -2.13. The maximum absolute atomic E-state index is 9.03. The zero-order chi connectivity index (χ0) is 13.0. The number of amidine groups is 1. The van der Waals surface area contributed by atoms with E-state index in [1.807, 2.05) is 30.3 Å². The van der Waals surface area contributed by atoms with Crippen molar-refractivity contribution in [2.24, 2.45) is 5.16 Å². The second-order valence-electron chi connectivity index (χ2n) is 3.57. The van der Waals surface area contributed by atoms with Crippen LogP contribution in [0.2, 0.25) is 10.0 Å². The van der Waals surface area contributed by atoms with Crippen molar-refractivity contribution >= 4 is 34.7 Å². The molecule has 0 aliphatic carbocycles. The molecule has 0 saturated carbocycles. The molecule has 0 amide bonds. The van der Waals surface area contributed by atoms with Crippen molar-refractivity contribution in [1.82, 2.24) is 0 Å². The van der Waals surface area contributed by atoms with E-state index >= 15 is 0 Å². The minimum Gasteiger partial charge on any atom is -0.409 e. The summed E-state index contributed by atoms with van der Waals surface area (Å²) in [4.78, 5) is 0. The van der Waals surface area contributed by atoms with E-state index in [1.54, 1.807) is 18.2 Å². The van der Waals surface area contributed by atoms with Gasteiger partial charge in [0.2, 0.25) is 0 Å². The number of nitrogens with zero attached hydrogens (tertiary/aromatic N) is 1. The molecule has 0 radical (unpaired) electrons. The number of halogens is 2. The van der Waals surface area contributed by atoms with Crippen LogP contribution in [0, 0.1) is 0 Å². The molecule has 2 aromatic rings. The van der Waals surface area contributed by atoms with Crippen LogP contribution < -0.4 is 5.32 Å². The number of benzene rings is 2. The molecule has 0 fully saturated rings. The Bertz CT molecular complexity index is 570. The number of hydrogen-bond donors (Lipinski definition) is 2. The Balaban J connectivity index is 2.24. The molecule has 0 aromatic heterocycles. The zero-order valence-electron chi connectivity index (χ0n) is 9.27. The van der Waals surface area contributed by atoms with Gasteiger partial charge in [0, 0.05) is 11.3 Å². The van der Waals surface area contributed by atoms with Gasteiger partial charge in [-0.25, -0.2) is 0 Å². The molecule has 0 bridgehead atoms. The predicted octanol–water partition coefficient (Wildman–Crippen LogP) is 4.24. The standard InChI is InChI=1S/C13H10Cl2N2O/c14-11-7-6-10(8-12(11)15)16-13(17-18)9-4-2-1-3-5-9/h1-8,18H,(H,16,17). The number of anilines is 1. The molecule has 0 saturated heterocycles. The first-order chi connectivity index (χ1) is 8.70. The van der Waals surface area contributed by atoms with E-state index in [1.165, 1.54) is 0 Å². The third-order valence-electron chi connectivity index (χ3n) is 2.33. The molecule has 0 aliphatic heterocycles. The van der Waals surface area contributed by atoms with Gasteiger partial charge in [0.25, 0.3) is 0 Å². The maximum atomic E-state index is 9.03. The highest BCUT2D eigenvalue weighted by molar-refractivity contribution is 6.42. The molecule has 0 aliphatic rings. The topological polar surface area (TPSA) is 44.6 Å². The van der Waals surface area contributed by atoms with Gasteiger partial charge >= 0.3 is 0 Å². The van der Waals surface area contributed by atoms with Gasteiger partial charge in [-0.1, -0.05) is 58.7 Å². The molecule has 5 heteroatoms. The highest BCUT2D eigenvalue weighted by Crippen LogP contribution is 2.25. The molecule has 0 unspecified atom stereocenters. The highest BCUT2D eigenvalue weighted by Gasteiger charge is 2.05. The molecule has 3 nitrogen and oxygen atoms in total. The Morgan fingerprint density at radius 3 is 2.33 bits per heavy atom. The quantitative estimate of drug-likeness (QED) is 0.374. The van der Waals surface area contributed by atoms with Crippen LogP contribution in [0.25, 0.3) is 0 Å². The van der Waals surface area contributed by atoms with Crippen molar-refractivity contribution < 1.29 is 5.21 Å².